The summed E-state index contributed by atoms with van der Waals surface area (Å²) in [4.78, 5) is 28.6. The van der Waals surface area contributed by atoms with E-state index in [4.69, 9.17) is 4.74 Å². The molecule has 3 rings (SSSR count). The second-order valence-electron chi connectivity index (χ2n) is 9.39. The Labute approximate surface area is 209 Å². The normalized spacial score (nSPS) is 11.7. The van der Waals surface area contributed by atoms with Gasteiger partial charge in [0.1, 0.15) is 11.8 Å². The summed E-state index contributed by atoms with van der Waals surface area (Å²) in [5.74, 6) is 0.568. The monoisotopic (exact) mass is 472 g/mol. The molecule has 0 fully saturated rings. The van der Waals surface area contributed by atoms with Crippen LogP contribution in [0.15, 0.2) is 78.9 Å². The lowest BCUT2D eigenvalue weighted by Gasteiger charge is -2.31. The first-order valence-corrected chi connectivity index (χ1v) is 12.2. The van der Waals surface area contributed by atoms with E-state index in [-0.39, 0.29) is 18.4 Å². The van der Waals surface area contributed by atoms with Crippen molar-refractivity contribution in [2.24, 2.45) is 5.92 Å². The van der Waals surface area contributed by atoms with E-state index in [1.165, 1.54) is 5.56 Å². The Kier molecular flexibility index (Phi) is 9.47. The molecule has 0 spiro atoms. The Balaban J connectivity index is 1.87. The van der Waals surface area contributed by atoms with Gasteiger partial charge in [0.2, 0.25) is 5.91 Å². The number of benzene rings is 3. The zero-order valence-electron chi connectivity index (χ0n) is 21.2. The van der Waals surface area contributed by atoms with Crippen molar-refractivity contribution in [3.05, 3.63) is 101 Å². The summed E-state index contributed by atoms with van der Waals surface area (Å²) in [5, 5.41) is 3.04. The maximum absolute atomic E-state index is 13.6. The molecule has 0 radical (unpaired) electrons. The van der Waals surface area contributed by atoms with Crippen LogP contribution in [0, 0.1) is 19.8 Å². The van der Waals surface area contributed by atoms with Crippen LogP contribution in [0.3, 0.4) is 0 Å². The number of carbonyl (C=O) groups is 2. The highest BCUT2D eigenvalue weighted by atomic mass is 16.5. The summed E-state index contributed by atoms with van der Waals surface area (Å²) < 4.78 is 5.88. The van der Waals surface area contributed by atoms with Gasteiger partial charge in [-0.1, -0.05) is 80.6 Å². The van der Waals surface area contributed by atoms with Gasteiger partial charge in [-0.3, -0.25) is 9.59 Å². The van der Waals surface area contributed by atoms with Gasteiger partial charge in [0, 0.05) is 19.5 Å². The summed E-state index contributed by atoms with van der Waals surface area (Å²) in [5.41, 5.74) is 4.23. The number of hydrogen-bond donors (Lipinski definition) is 1. The second kappa shape index (κ2) is 12.7. The Hall–Kier alpha value is -3.60. The number of amides is 2. The molecular weight excluding hydrogens is 436 g/mol. The predicted octanol–water partition coefficient (Wildman–Crippen LogP) is 5.09. The predicted molar refractivity (Wildman–Crippen MR) is 140 cm³/mol. The second-order valence-corrected chi connectivity index (χ2v) is 9.39. The van der Waals surface area contributed by atoms with E-state index in [0.717, 1.165) is 16.7 Å². The van der Waals surface area contributed by atoms with Crippen LogP contribution in [0.25, 0.3) is 0 Å². The molecule has 0 heterocycles. The lowest BCUT2D eigenvalue weighted by molar-refractivity contribution is -0.142. The van der Waals surface area contributed by atoms with E-state index in [2.05, 4.69) is 19.2 Å². The number of nitrogens with one attached hydrogen (secondary N) is 1. The Morgan fingerprint density at radius 1 is 0.857 bits per heavy atom. The molecular formula is C30H36N2O3. The van der Waals surface area contributed by atoms with Gasteiger partial charge in [-0.15, -0.1) is 0 Å². The van der Waals surface area contributed by atoms with Crippen LogP contribution < -0.4 is 10.1 Å². The smallest absolute Gasteiger partial charge is 0.261 e. The highest BCUT2D eigenvalue weighted by Gasteiger charge is 2.30. The highest BCUT2D eigenvalue weighted by Crippen LogP contribution is 2.18. The maximum atomic E-state index is 13.6. The van der Waals surface area contributed by atoms with Crippen LogP contribution in [-0.2, 0) is 22.6 Å². The standard InChI is InChI=1S/C30H36N2O3/c1-22(2)19-31-30(34)28(18-25-11-7-5-8-12-25)32(20-26-13-9-6-10-14-26)29(33)21-35-27-16-15-23(3)24(4)17-27/h5-17,22,28H,18-21H2,1-4H3,(H,31,34). The molecule has 0 saturated heterocycles. The summed E-state index contributed by atoms with van der Waals surface area (Å²) >= 11 is 0. The Bertz CT molecular complexity index is 1100. The molecule has 1 atom stereocenters. The molecule has 3 aromatic carbocycles. The van der Waals surface area contributed by atoms with Crippen LogP contribution in [0.4, 0.5) is 0 Å². The van der Waals surface area contributed by atoms with E-state index in [1.54, 1.807) is 4.90 Å². The topological polar surface area (TPSA) is 58.6 Å². The first-order chi connectivity index (χ1) is 16.8. The fourth-order valence-corrected chi connectivity index (χ4v) is 3.79. The van der Waals surface area contributed by atoms with Gasteiger partial charge >= 0.3 is 0 Å². The zero-order valence-corrected chi connectivity index (χ0v) is 21.2. The molecule has 3 aromatic rings. The summed E-state index contributed by atoms with van der Waals surface area (Å²) in [6.07, 6.45) is 0.424. The quantitative estimate of drug-likeness (QED) is 0.423. The fourth-order valence-electron chi connectivity index (χ4n) is 3.79. The SMILES string of the molecule is Cc1ccc(OCC(=O)N(Cc2ccccc2)C(Cc2ccccc2)C(=O)NCC(C)C)cc1C. The lowest BCUT2D eigenvalue weighted by Crippen LogP contribution is -2.52. The molecule has 0 aliphatic heterocycles. The van der Waals surface area contributed by atoms with E-state index in [9.17, 15) is 9.59 Å². The van der Waals surface area contributed by atoms with Crippen LogP contribution in [-0.4, -0.2) is 35.9 Å². The number of carbonyl (C=O) groups excluding carboxylic acids is 2. The summed E-state index contributed by atoms with van der Waals surface area (Å²) in [6, 6.07) is 24.7. The van der Waals surface area contributed by atoms with Crippen molar-refractivity contribution in [2.75, 3.05) is 13.2 Å². The van der Waals surface area contributed by atoms with E-state index in [1.807, 2.05) is 92.7 Å². The van der Waals surface area contributed by atoms with Crippen molar-refractivity contribution in [3.63, 3.8) is 0 Å². The van der Waals surface area contributed by atoms with Crippen molar-refractivity contribution in [2.45, 2.75) is 46.7 Å². The molecule has 5 nitrogen and oxygen atoms in total. The molecule has 0 saturated carbocycles. The average molecular weight is 473 g/mol. The van der Waals surface area contributed by atoms with E-state index >= 15 is 0 Å². The third kappa shape index (κ3) is 7.99. The number of rotatable bonds is 11. The van der Waals surface area contributed by atoms with Crippen LogP contribution >= 0.6 is 0 Å². The van der Waals surface area contributed by atoms with Crippen molar-refractivity contribution >= 4 is 11.8 Å². The molecule has 1 unspecified atom stereocenters. The first kappa shape index (κ1) is 26.0. The molecule has 5 heteroatoms. The van der Waals surface area contributed by atoms with Crippen LogP contribution in [0.5, 0.6) is 5.75 Å². The maximum Gasteiger partial charge on any atom is 0.261 e. The summed E-state index contributed by atoms with van der Waals surface area (Å²) in [6.45, 7) is 8.89. The van der Waals surface area contributed by atoms with Crippen LogP contribution in [0.2, 0.25) is 0 Å². The number of ether oxygens (including phenoxy) is 1. The van der Waals surface area contributed by atoms with Gasteiger partial charge < -0.3 is 15.0 Å². The molecule has 0 bridgehead atoms. The molecule has 0 aliphatic carbocycles. The summed E-state index contributed by atoms with van der Waals surface area (Å²) in [7, 11) is 0. The molecule has 1 N–H and O–H groups in total. The van der Waals surface area contributed by atoms with Gasteiger partial charge in [0.05, 0.1) is 0 Å². The molecule has 2 amide bonds. The Morgan fingerprint density at radius 3 is 2.09 bits per heavy atom. The number of hydrogen-bond acceptors (Lipinski definition) is 3. The van der Waals surface area contributed by atoms with Gasteiger partial charge in [0.25, 0.3) is 5.91 Å². The Morgan fingerprint density at radius 2 is 1.49 bits per heavy atom. The third-order valence-corrected chi connectivity index (χ3v) is 5.99. The van der Waals surface area contributed by atoms with Crippen molar-refractivity contribution in [3.8, 4) is 5.75 Å². The van der Waals surface area contributed by atoms with Crippen molar-refractivity contribution in [1.29, 1.82) is 0 Å². The van der Waals surface area contributed by atoms with Gasteiger partial charge in [0.15, 0.2) is 6.61 Å². The van der Waals surface area contributed by atoms with Crippen molar-refractivity contribution < 1.29 is 14.3 Å². The number of nitrogens with zero attached hydrogens (tertiary/aromatic N) is 1. The third-order valence-electron chi connectivity index (χ3n) is 5.99. The minimum Gasteiger partial charge on any atom is -0.484 e. The van der Waals surface area contributed by atoms with Gasteiger partial charge in [-0.25, -0.2) is 0 Å². The largest absolute Gasteiger partial charge is 0.484 e. The molecule has 0 aromatic heterocycles. The lowest BCUT2D eigenvalue weighted by atomic mass is 10.0. The van der Waals surface area contributed by atoms with E-state index < -0.39 is 6.04 Å². The van der Waals surface area contributed by atoms with E-state index in [0.29, 0.717) is 31.2 Å². The zero-order chi connectivity index (χ0) is 25.2. The van der Waals surface area contributed by atoms with Gasteiger partial charge in [-0.05, 0) is 54.2 Å². The molecule has 35 heavy (non-hydrogen) atoms. The average Bonchev–Trinajstić information content (AvgIpc) is 2.86. The minimum absolute atomic E-state index is 0.141. The van der Waals surface area contributed by atoms with Gasteiger partial charge in [-0.2, -0.15) is 0 Å². The number of aryl methyl sites for hydroxylation is 2. The fraction of sp³-hybridized carbons (Fsp3) is 0.333. The highest BCUT2D eigenvalue weighted by molar-refractivity contribution is 5.88. The molecule has 0 aliphatic rings. The molecule has 184 valence electrons. The minimum atomic E-state index is -0.660. The first-order valence-electron chi connectivity index (χ1n) is 12.2. The van der Waals surface area contributed by atoms with Crippen LogP contribution in [0.1, 0.15) is 36.1 Å². The van der Waals surface area contributed by atoms with Crippen molar-refractivity contribution in [1.82, 2.24) is 10.2 Å².